The van der Waals surface area contributed by atoms with Crippen molar-refractivity contribution < 1.29 is 24.0 Å². The van der Waals surface area contributed by atoms with E-state index in [1.807, 2.05) is 12.1 Å². The number of benzene rings is 2. The highest BCUT2D eigenvalue weighted by Crippen LogP contribution is 2.28. The van der Waals surface area contributed by atoms with Crippen molar-refractivity contribution in [3.63, 3.8) is 0 Å². The molecule has 0 unspecified atom stereocenters. The van der Waals surface area contributed by atoms with Crippen molar-refractivity contribution in [2.24, 2.45) is 5.92 Å². The SMILES string of the molecule is COc1ccc(NC(=O)COC(=O)c2ccc(CC(C)C)cc2)c([N+](=O)[O-])c1. The van der Waals surface area contributed by atoms with Gasteiger partial charge in [0.2, 0.25) is 0 Å². The van der Waals surface area contributed by atoms with Gasteiger partial charge >= 0.3 is 5.97 Å². The van der Waals surface area contributed by atoms with Crippen LogP contribution in [0.1, 0.15) is 29.8 Å². The molecule has 0 radical (unpaired) electrons. The molecule has 8 nitrogen and oxygen atoms in total. The smallest absolute Gasteiger partial charge is 0.338 e. The fourth-order valence-corrected chi connectivity index (χ4v) is 2.54. The van der Waals surface area contributed by atoms with Crippen molar-refractivity contribution in [1.29, 1.82) is 0 Å². The molecule has 148 valence electrons. The number of nitrogens with zero attached hydrogens (tertiary/aromatic N) is 1. The first-order valence-corrected chi connectivity index (χ1v) is 8.68. The molecular formula is C20H22N2O6. The Morgan fingerprint density at radius 2 is 1.82 bits per heavy atom. The van der Waals surface area contributed by atoms with E-state index in [0.29, 0.717) is 11.5 Å². The van der Waals surface area contributed by atoms with Gasteiger partial charge in [-0.05, 0) is 42.2 Å². The minimum atomic E-state index is -0.682. The molecule has 8 heteroatoms. The summed E-state index contributed by atoms with van der Waals surface area (Å²) in [7, 11) is 1.38. The number of hydrogen-bond donors (Lipinski definition) is 1. The summed E-state index contributed by atoms with van der Waals surface area (Å²) in [6.45, 7) is 3.65. The van der Waals surface area contributed by atoms with E-state index >= 15 is 0 Å². The van der Waals surface area contributed by atoms with Gasteiger partial charge < -0.3 is 14.8 Å². The van der Waals surface area contributed by atoms with Crippen LogP contribution >= 0.6 is 0 Å². The van der Waals surface area contributed by atoms with Gasteiger partial charge in [0.1, 0.15) is 11.4 Å². The Balaban J connectivity index is 1.95. The first-order chi connectivity index (χ1) is 13.3. The number of carbonyl (C=O) groups is 2. The molecule has 0 aliphatic rings. The molecule has 0 atom stereocenters. The first kappa shape index (κ1) is 20.9. The van der Waals surface area contributed by atoms with Crippen LogP contribution < -0.4 is 10.1 Å². The van der Waals surface area contributed by atoms with Crippen LogP contribution in [-0.4, -0.2) is 30.5 Å². The standard InChI is InChI=1S/C20H22N2O6/c1-13(2)10-14-4-6-15(7-5-14)20(24)28-12-19(23)21-17-9-8-16(27-3)11-18(17)22(25)26/h4-9,11,13H,10,12H2,1-3H3,(H,21,23). The Morgan fingerprint density at radius 3 is 2.39 bits per heavy atom. The van der Waals surface area contributed by atoms with Crippen LogP contribution in [0, 0.1) is 16.0 Å². The number of rotatable bonds is 8. The van der Waals surface area contributed by atoms with E-state index < -0.39 is 23.4 Å². The Hall–Kier alpha value is -3.42. The number of amides is 1. The predicted octanol–water partition coefficient (Wildman–Crippen LogP) is 3.60. The number of esters is 1. The van der Waals surface area contributed by atoms with Crippen LogP contribution in [-0.2, 0) is 16.0 Å². The molecule has 0 aromatic heterocycles. The summed E-state index contributed by atoms with van der Waals surface area (Å²) in [5, 5.41) is 13.5. The summed E-state index contributed by atoms with van der Waals surface area (Å²) in [6.07, 6.45) is 0.901. The molecule has 0 aliphatic carbocycles. The molecule has 0 aliphatic heterocycles. The zero-order valence-electron chi connectivity index (χ0n) is 15.9. The summed E-state index contributed by atoms with van der Waals surface area (Å²) >= 11 is 0. The van der Waals surface area contributed by atoms with Crippen LogP contribution in [0.2, 0.25) is 0 Å². The van der Waals surface area contributed by atoms with E-state index in [0.717, 1.165) is 12.0 Å². The van der Waals surface area contributed by atoms with E-state index in [1.54, 1.807) is 12.1 Å². The number of nitro groups is 1. The molecule has 0 fully saturated rings. The highest BCUT2D eigenvalue weighted by Gasteiger charge is 2.18. The zero-order chi connectivity index (χ0) is 20.7. The summed E-state index contributed by atoms with van der Waals surface area (Å²) in [6, 6.07) is 11.0. The van der Waals surface area contributed by atoms with E-state index in [9.17, 15) is 19.7 Å². The Bertz CT molecular complexity index is 861. The van der Waals surface area contributed by atoms with Crippen LogP contribution in [0.5, 0.6) is 5.75 Å². The van der Waals surface area contributed by atoms with Gasteiger partial charge in [0.15, 0.2) is 6.61 Å². The molecule has 1 N–H and O–H groups in total. The molecule has 0 saturated heterocycles. The second kappa shape index (κ2) is 9.50. The number of ether oxygens (including phenoxy) is 2. The average Bonchev–Trinajstić information content (AvgIpc) is 2.66. The van der Waals surface area contributed by atoms with Gasteiger partial charge in [-0.2, -0.15) is 0 Å². The number of anilines is 1. The zero-order valence-corrected chi connectivity index (χ0v) is 15.9. The summed E-state index contributed by atoms with van der Waals surface area (Å²) in [4.78, 5) is 34.6. The third-order valence-electron chi connectivity index (χ3n) is 3.84. The van der Waals surface area contributed by atoms with Crippen LogP contribution in [0.25, 0.3) is 0 Å². The molecule has 2 aromatic rings. The third kappa shape index (κ3) is 5.80. The molecular weight excluding hydrogens is 364 g/mol. The van der Waals surface area contributed by atoms with Gasteiger partial charge in [-0.3, -0.25) is 14.9 Å². The molecule has 0 spiro atoms. The van der Waals surface area contributed by atoms with E-state index in [2.05, 4.69) is 19.2 Å². The number of hydrogen-bond acceptors (Lipinski definition) is 6. The monoisotopic (exact) mass is 386 g/mol. The van der Waals surface area contributed by atoms with E-state index in [-0.39, 0.29) is 17.1 Å². The molecule has 0 bridgehead atoms. The van der Waals surface area contributed by atoms with Gasteiger partial charge in [-0.25, -0.2) is 4.79 Å². The van der Waals surface area contributed by atoms with Gasteiger partial charge in [-0.1, -0.05) is 26.0 Å². The van der Waals surface area contributed by atoms with Gasteiger partial charge in [-0.15, -0.1) is 0 Å². The predicted molar refractivity (Wildman–Crippen MR) is 104 cm³/mol. The maximum Gasteiger partial charge on any atom is 0.338 e. The van der Waals surface area contributed by atoms with Gasteiger partial charge in [0.05, 0.1) is 23.7 Å². The van der Waals surface area contributed by atoms with Crippen molar-refractivity contribution in [2.75, 3.05) is 19.0 Å². The highest BCUT2D eigenvalue weighted by atomic mass is 16.6. The normalized spacial score (nSPS) is 10.4. The lowest BCUT2D eigenvalue weighted by molar-refractivity contribution is -0.384. The van der Waals surface area contributed by atoms with E-state index in [4.69, 9.17) is 9.47 Å². The topological polar surface area (TPSA) is 108 Å². The minimum Gasteiger partial charge on any atom is -0.496 e. The second-order valence-corrected chi connectivity index (χ2v) is 6.56. The number of nitro benzene ring substituents is 1. The van der Waals surface area contributed by atoms with Crippen LogP contribution in [0.3, 0.4) is 0 Å². The maximum absolute atomic E-state index is 12.1. The quantitative estimate of drug-likeness (QED) is 0.422. The molecule has 28 heavy (non-hydrogen) atoms. The summed E-state index contributed by atoms with van der Waals surface area (Å²) in [5.41, 5.74) is 1.11. The molecule has 2 aromatic carbocycles. The Morgan fingerprint density at radius 1 is 1.14 bits per heavy atom. The van der Waals surface area contributed by atoms with Gasteiger partial charge in [0, 0.05) is 0 Å². The average molecular weight is 386 g/mol. The number of nitrogens with one attached hydrogen (secondary N) is 1. The molecule has 1 amide bonds. The maximum atomic E-state index is 12.1. The lowest BCUT2D eigenvalue weighted by Gasteiger charge is -2.09. The van der Waals surface area contributed by atoms with E-state index in [1.165, 1.54) is 25.3 Å². The van der Waals surface area contributed by atoms with Crippen molar-refractivity contribution in [2.45, 2.75) is 20.3 Å². The Labute approximate surface area is 162 Å². The lowest BCUT2D eigenvalue weighted by atomic mass is 10.0. The second-order valence-electron chi connectivity index (χ2n) is 6.56. The summed E-state index contributed by atoms with van der Waals surface area (Å²) < 4.78 is 9.92. The highest BCUT2D eigenvalue weighted by molar-refractivity contribution is 5.96. The number of carbonyl (C=O) groups excluding carboxylic acids is 2. The largest absolute Gasteiger partial charge is 0.496 e. The van der Waals surface area contributed by atoms with Gasteiger partial charge in [0.25, 0.3) is 11.6 Å². The van der Waals surface area contributed by atoms with Crippen molar-refractivity contribution >= 4 is 23.3 Å². The fourth-order valence-electron chi connectivity index (χ4n) is 2.54. The Kier molecular flexibility index (Phi) is 7.08. The van der Waals surface area contributed by atoms with Crippen LogP contribution in [0.15, 0.2) is 42.5 Å². The third-order valence-corrected chi connectivity index (χ3v) is 3.84. The van der Waals surface area contributed by atoms with Crippen molar-refractivity contribution in [1.82, 2.24) is 0 Å². The van der Waals surface area contributed by atoms with Crippen LogP contribution in [0.4, 0.5) is 11.4 Å². The molecule has 0 heterocycles. The molecule has 0 saturated carbocycles. The number of methoxy groups -OCH3 is 1. The lowest BCUT2D eigenvalue weighted by Crippen LogP contribution is -2.21. The van der Waals surface area contributed by atoms with Crippen molar-refractivity contribution in [3.05, 3.63) is 63.7 Å². The fraction of sp³-hybridized carbons (Fsp3) is 0.300. The molecule has 2 rings (SSSR count). The first-order valence-electron chi connectivity index (χ1n) is 8.68. The summed E-state index contributed by atoms with van der Waals surface area (Å²) in [5.74, 6) is -0.533. The van der Waals surface area contributed by atoms with Crippen molar-refractivity contribution in [3.8, 4) is 5.75 Å². The minimum absolute atomic E-state index is 0.00936.